The Morgan fingerprint density at radius 2 is 1.00 bits per heavy atom. The maximum Gasteiger partial charge on any atom is 0.137 e. The fourth-order valence-electron chi connectivity index (χ4n) is 6.01. The van der Waals surface area contributed by atoms with Gasteiger partial charge >= 0.3 is 0 Å². The molecule has 0 amide bonds. The minimum Gasteiger partial charge on any atom is -0.456 e. The molecule has 0 aliphatic rings. The first-order valence-electron chi connectivity index (χ1n) is 13.6. The molecule has 1 heterocycles. The van der Waals surface area contributed by atoms with Crippen molar-refractivity contribution in [2.45, 2.75) is 0 Å². The SMILES string of the molecule is c1ccc2c(-c3ccc(-c4ccc(Nc5cccc6oc7ccccc7c56)cc4)c4ccccc34)cccc2c1. The zero-order valence-electron chi connectivity index (χ0n) is 21.8. The van der Waals surface area contributed by atoms with Gasteiger partial charge < -0.3 is 9.73 Å². The van der Waals surface area contributed by atoms with Crippen molar-refractivity contribution in [3.63, 3.8) is 0 Å². The Bertz CT molecular complexity index is 2180. The van der Waals surface area contributed by atoms with Crippen LogP contribution in [-0.2, 0) is 0 Å². The molecule has 0 spiro atoms. The highest BCUT2D eigenvalue weighted by molar-refractivity contribution is 6.12. The Morgan fingerprint density at radius 3 is 1.85 bits per heavy atom. The van der Waals surface area contributed by atoms with Gasteiger partial charge in [-0.25, -0.2) is 0 Å². The van der Waals surface area contributed by atoms with Gasteiger partial charge in [-0.1, -0.05) is 115 Å². The summed E-state index contributed by atoms with van der Waals surface area (Å²) in [6, 6.07) is 51.5. The minimum atomic E-state index is 0.889. The first-order chi connectivity index (χ1) is 19.8. The predicted octanol–water partition coefficient (Wildman–Crippen LogP) is 11.0. The third kappa shape index (κ3) is 3.65. The van der Waals surface area contributed by atoms with Gasteiger partial charge in [0.2, 0.25) is 0 Å². The standard InChI is InChI=1S/C38H25NO/c1-2-11-28-25(9-1)10-7-15-31(28)33-24-23-29(30-12-3-4-13-32(30)33)26-19-21-27(22-20-26)39-35-16-8-18-37-38(35)34-14-5-6-17-36(34)40-37/h1-24,39H. The molecule has 8 aromatic rings. The third-order valence-corrected chi connectivity index (χ3v) is 7.88. The molecule has 188 valence electrons. The van der Waals surface area contributed by atoms with E-state index in [1.165, 1.54) is 43.8 Å². The fourth-order valence-corrected chi connectivity index (χ4v) is 6.01. The zero-order valence-corrected chi connectivity index (χ0v) is 21.8. The van der Waals surface area contributed by atoms with Crippen LogP contribution in [0.2, 0.25) is 0 Å². The van der Waals surface area contributed by atoms with E-state index < -0.39 is 0 Å². The molecule has 0 atom stereocenters. The van der Waals surface area contributed by atoms with Crippen LogP contribution in [0.4, 0.5) is 11.4 Å². The van der Waals surface area contributed by atoms with Crippen LogP contribution < -0.4 is 5.32 Å². The molecule has 0 saturated heterocycles. The van der Waals surface area contributed by atoms with Crippen molar-refractivity contribution in [2.75, 3.05) is 5.32 Å². The van der Waals surface area contributed by atoms with Crippen molar-refractivity contribution in [2.24, 2.45) is 0 Å². The quantitative estimate of drug-likeness (QED) is 0.254. The van der Waals surface area contributed by atoms with E-state index in [9.17, 15) is 0 Å². The lowest BCUT2D eigenvalue weighted by Crippen LogP contribution is -1.91. The van der Waals surface area contributed by atoms with E-state index in [1.54, 1.807) is 0 Å². The van der Waals surface area contributed by atoms with Gasteiger partial charge in [0.15, 0.2) is 0 Å². The lowest BCUT2D eigenvalue weighted by molar-refractivity contribution is 0.669. The monoisotopic (exact) mass is 511 g/mol. The third-order valence-electron chi connectivity index (χ3n) is 7.88. The second-order valence-corrected chi connectivity index (χ2v) is 10.2. The molecule has 40 heavy (non-hydrogen) atoms. The number of furan rings is 1. The fraction of sp³-hybridized carbons (Fsp3) is 0. The van der Waals surface area contributed by atoms with Gasteiger partial charge in [-0.15, -0.1) is 0 Å². The van der Waals surface area contributed by atoms with E-state index in [2.05, 4.69) is 127 Å². The molecule has 0 bridgehead atoms. The van der Waals surface area contributed by atoms with Crippen molar-refractivity contribution in [1.82, 2.24) is 0 Å². The molecule has 1 aromatic heterocycles. The van der Waals surface area contributed by atoms with E-state index in [4.69, 9.17) is 4.42 Å². The normalized spacial score (nSPS) is 11.5. The summed E-state index contributed by atoms with van der Waals surface area (Å²) in [5.74, 6) is 0. The first kappa shape index (κ1) is 22.6. The second-order valence-electron chi connectivity index (χ2n) is 10.2. The topological polar surface area (TPSA) is 25.2 Å². The average molecular weight is 512 g/mol. The minimum absolute atomic E-state index is 0.889. The number of anilines is 2. The number of hydrogen-bond donors (Lipinski definition) is 1. The van der Waals surface area contributed by atoms with Gasteiger partial charge in [-0.05, 0) is 74.1 Å². The molecule has 0 aliphatic heterocycles. The van der Waals surface area contributed by atoms with E-state index in [1.807, 2.05) is 24.3 Å². The summed E-state index contributed by atoms with van der Waals surface area (Å²) in [5, 5.41) is 10.9. The van der Waals surface area contributed by atoms with Gasteiger partial charge in [0.1, 0.15) is 11.2 Å². The number of fused-ring (bicyclic) bond motifs is 5. The van der Waals surface area contributed by atoms with Gasteiger partial charge in [-0.2, -0.15) is 0 Å². The molecule has 7 aromatic carbocycles. The van der Waals surface area contributed by atoms with E-state index in [0.29, 0.717) is 0 Å². The Morgan fingerprint density at radius 1 is 0.400 bits per heavy atom. The van der Waals surface area contributed by atoms with Crippen LogP contribution in [0.3, 0.4) is 0 Å². The molecule has 0 saturated carbocycles. The summed E-state index contributed by atoms with van der Waals surface area (Å²) in [6.07, 6.45) is 0. The van der Waals surface area contributed by atoms with Crippen LogP contribution in [0.25, 0.3) is 65.7 Å². The van der Waals surface area contributed by atoms with Crippen LogP contribution in [0.1, 0.15) is 0 Å². The zero-order chi connectivity index (χ0) is 26.5. The second kappa shape index (κ2) is 9.14. The summed E-state index contributed by atoms with van der Waals surface area (Å²) in [7, 11) is 0. The number of benzene rings is 7. The van der Waals surface area contributed by atoms with Gasteiger partial charge in [0, 0.05) is 11.1 Å². The smallest absolute Gasteiger partial charge is 0.137 e. The molecule has 1 N–H and O–H groups in total. The van der Waals surface area contributed by atoms with Crippen LogP contribution in [-0.4, -0.2) is 0 Å². The molecular weight excluding hydrogens is 486 g/mol. The van der Waals surface area contributed by atoms with Gasteiger partial charge in [0.25, 0.3) is 0 Å². The molecule has 2 nitrogen and oxygen atoms in total. The Labute approximate surface area is 232 Å². The summed E-state index contributed by atoms with van der Waals surface area (Å²) in [5.41, 5.74) is 8.82. The average Bonchev–Trinajstić information content (AvgIpc) is 3.40. The number of rotatable bonds is 4. The highest BCUT2D eigenvalue weighted by Crippen LogP contribution is 2.39. The number of para-hydroxylation sites is 1. The molecule has 0 fully saturated rings. The van der Waals surface area contributed by atoms with Crippen LogP contribution in [0.5, 0.6) is 0 Å². The van der Waals surface area contributed by atoms with E-state index in [0.717, 1.165) is 33.3 Å². The Balaban J connectivity index is 1.19. The largest absolute Gasteiger partial charge is 0.456 e. The van der Waals surface area contributed by atoms with Gasteiger partial charge in [0.05, 0.1) is 11.1 Å². The highest BCUT2D eigenvalue weighted by Gasteiger charge is 2.13. The summed E-state index contributed by atoms with van der Waals surface area (Å²) >= 11 is 0. The molecule has 0 aliphatic carbocycles. The molecule has 0 unspecified atom stereocenters. The maximum absolute atomic E-state index is 6.07. The van der Waals surface area contributed by atoms with Gasteiger partial charge in [-0.3, -0.25) is 0 Å². The van der Waals surface area contributed by atoms with Crippen molar-refractivity contribution in [3.05, 3.63) is 146 Å². The predicted molar refractivity (Wildman–Crippen MR) is 169 cm³/mol. The van der Waals surface area contributed by atoms with E-state index >= 15 is 0 Å². The molecular formula is C38H25NO. The maximum atomic E-state index is 6.07. The number of nitrogens with one attached hydrogen (secondary N) is 1. The van der Waals surface area contributed by atoms with Crippen molar-refractivity contribution in [3.8, 4) is 22.3 Å². The first-order valence-corrected chi connectivity index (χ1v) is 13.6. The lowest BCUT2D eigenvalue weighted by Gasteiger charge is -2.14. The highest BCUT2D eigenvalue weighted by atomic mass is 16.3. The van der Waals surface area contributed by atoms with Crippen molar-refractivity contribution >= 4 is 54.9 Å². The lowest BCUT2D eigenvalue weighted by atomic mass is 9.90. The summed E-state index contributed by atoms with van der Waals surface area (Å²) in [4.78, 5) is 0. The molecule has 2 heteroatoms. The molecule has 8 rings (SSSR count). The Kier molecular flexibility index (Phi) is 5.17. The van der Waals surface area contributed by atoms with Crippen LogP contribution in [0.15, 0.2) is 150 Å². The van der Waals surface area contributed by atoms with Crippen LogP contribution in [0, 0.1) is 0 Å². The summed E-state index contributed by atoms with van der Waals surface area (Å²) < 4.78 is 6.07. The summed E-state index contributed by atoms with van der Waals surface area (Å²) in [6.45, 7) is 0. The van der Waals surface area contributed by atoms with Crippen molar-refractivity contribution in [1.29, 1.82) is 0 Å². The van der Waals surface area contributed by atoms with E-state index in [-0.39, 0.29) is 0 Å². The number of hydrogen-bond acceptors (Lipinski definition) is 2. The molecule has 0 radical (unpaired) electrons. The Hall–Kier alpha value is -5.34. The van der Waals surface area contributed by atoms with Crippen LogP contribution >= 0.6 is 0 Å². The van der Waals surface area contributed by atoms with Crippen molar-refractivity contribution < 1.29 is 4.42 Å².